The summed E-state index contributed by atoms with van der Waals surface area (Å²) >= 11 is 0. The molecule has 0 aliphatic carbocycles. The molecule has 0 saturated carbocycles. The predicted octanol–water partition coefficient (Wildman–Crippen LogP) is 11.2. The summed E-state index contributed by atoms with van der Waals surface area (Å²) in [5.74, 6) is 0. The van der Waals surface area contributed by atoms with Gasteiger partial charge >= 0.3 is 34.7 Å². The summed E-state index contributed by atoms with van der Waals surface area (Å²) in [5, 5.41) is 1.40. The Bertz CT molecular complexity index is 2320. The SMILES string of the molecule is Cc1ccc(S(=O)(=[OH+])N[B-](CCP(c2c(C)cc(C)cc2C)c2c(C)cc(C)cc2C)(c2cc(C(F)(F)F)cc(C(F)(F)F)c2)c2cc(C(F)(F)F)cc(C(F)(F)F)c2)cc1. The van der Waals surface area contributed by atoms with Crippen molar-refractivity contribution in [3.05, 3.63) is 146 Å². The maximum absolute atomic E-state index is 14.6. The molecule has 0 aromatic heterocycles. The van der Waals surface area contributed by atoms with E-state index in [1.54, 1.807) is 34.6 Å². The van der Waals surface area contributed by atoms with Crippen molar-refractivity contribution in [3.63, 3.8) is 0 Å². The minimum atomic E-state index is -5.53. The summed E-state index contributed by atoms with van der Waals surface area (Å²) in [4.78, 5) is -0.492. The third-order valence-corrected chi connectivity index (χ3v) is 15.5. The van der Waals surface area contributed by atoms with Gasteiger partial charge in [0.1, 0.15) is 11.2 Å². The first-order valence-corrected chi connectivity index (χ1v) is 21.7. The molecule has 0 saturated heterocycles. The Morgan fingerprint density at radius 2 is 0.820 bits per heavy atom. The third kappa shape index (κ3) is 10.5. The number of nitrogens with one attached hydrogen (secondary N) is 1. The van der Waals surface area contributed by atoms with Gasteiger partial charge in [0.05, 0.1) is 22.3 Å². The molecule has 0 spiro atoms. The van der Waals surface area contributed by atoms with Gasteiger partial charge in [-0.2, -0.15) is 74.1 Å². The van der Waals surface area contributed by atoms with Crippen LogP contribution in [0.25, 0.3) is 0 Å². The average molecular weight is 906 g/mol. The highest BCUT2D eigenvalue weighted by atomic mass is 32.2. The zero-order valence-electron chi connectivity index (χ0n) is 33.8. The summed E-state index contributed by atoms with van der Waals surface area (Å²) in [5.41, 5.74) is -4.82. The minimum Gasteiger partial charge on any atom is -0.330 e. The van der Waals surface area contributed by atoms with Crippen LogP contribution in [0.5, 0.6) is 0 Å². The summed E-state index contributed by atoms with van der Waals surface area (Å²) < 4.78 is 204. The first-order valence-electron chi connectivity index (χ1n) is 18.7. The highest BCUT2D eigenvalue weighted by Gasteiger charge is 2.45. The molecule has 0 aliphatic heterocycles. The Hall–Kier alpha value is -4.34. The van der Waals surface area contributed by atoms with Crippen LogP contribution in [0.15, 0.2) is 89.8 Å². The van der Waals surface area contributed by atoms with Crippen molar-refractivity contribution in [2.75, 3.05) is 6.16 Å². The Morgan fingerprint density at radius 3 is 1.11 bits per heavy atom. The van der Waals surface area contributed by atoms with Gasteiger partial charge < -0.3 is 4.63 Å². The van der Waals surface area contributed by atoms with Gasteiger partial charge in [-0.25, -0.2) is 4.21 Å². The van der Waals surface area contributed by atoms with Gasteiger partial charge in [-0.05, 0) is 114 Å². The molecule has 3 nitrogen and oxygen atoms in total. The molecule has 18 heteroatoms. The molecule has 2 N–H and O–H groups in total. The summed E-state index contributed by atoms with van der Waals surface area (Å²) in [6.45, 7) is 12.4. The first kappa shape index (κ1) is 47.7. The van der Waals surface area contributed by atoms with E-state index in [1.807, 2.05) is 38.1 Å². The zero-order chi connectivity index (χ0) is 45.8. The van der Waals surface area contributed by atoms with Gasteiger partial charge in [-0.1, -0.05) is 83.5 Å². The van der Waals surface area contributed by atoms with Gasteiger partial charge in [-0.3, -0.25) is 0 Å². The number of benzene rings is 5. The van der Waals surface area contributed by atoms with Crippen LogP contribution in [-0.2, 0) is 34.7 Å². The second-order valence-electron chi connectivity index (χ2n) is 15.6. The van der Waals surface area contributed by atoms with E-state index in [0.717, 1.165) is 45.5 Å². The monoisotopic (exact) mass is 905 g/mol. The standard InChI is InChI=1S/C43H40BF12NO2PS/c1-24-8-10-37(11-9-24)61(58,59)57-44(35-20-31(40(45,46)47)18-32(21-35)41(48,49)50,36-22-33(42(51,52)53)19-34(23-36)43(54,55)56)12-13-60(38-27(4)14-25(2)15-28(38)5)39-29(6)16-26(3)17-30(39)7/h8-11,14-23H,12-13H2,1-7H3,(H,57,58,59)/q-1/p+1. The molecule has 328 valence electrons. The van der Waals surface area contributed by atoms with Crippen molar-refractivity contribution < 1.29 is 61.1 Å². The molecule has 0 fully saturated rings. The van der Waals surface area contributed by atoms with E-state index in [-0.39, 0.29) is 42.6 Å². The third-order valence-electron chi connectivity index (χ3n) is 10.7. The second kappa shape index (κ2) is 16.7. The van der Waals surface area contributed by atoms with Gasteiger partial charge in [0, 0.05) is 0 Å². The Morgan fingerprint density at radius 1 is 0.508 bits per heavy atom. The summed E-state index contributed by atoms with van der Waals surface area (Å²) in [6.07, 6.45) is -27.4. The quantitative estimate of drug-likeness (QED) is 0.0645. The van der Waals surface area contributed by atoms with Crippen LogP contribution >= 0.6 is 7.92 Å². The first-order chi connectivity index (χ1) is 27.8. The van der Waals surface area contributed by atoms with E-state index >= 15 is 0 Å². The highest BCUT2D eigenvalue weighted by Crippen LogP contribution is 2.43. The lowest BCUT2D eigenvalue weighted by atomic mass is 9.27. The largest absolute Gasteiger partial charge is 0.416 e. The van der Waals surface area contributed by atoms with E-state index in [1.165, 1.54) is 12.1 Å². The highest BCUT2D eigenvalue weighted by molar-refractivity contribution is 7.91. The molecule has 0 radical (unpaired) electrons. The second-order valence-corrected chi connectivity index (χ2v) is 19.6. The van der Waals surface area contributed by atoms with Crippen molar-refractivity contribution in [2.24, 2.45) is 0 Å². The average Bonchev–Trinajstić information content (AvgIpc) is 3.10. The van der Waals surface area contributed by atoms with Crippen LogP contribution in [0.2, 0.25) is 6.32 Å². The molecule has 0 bridgehead atoms. The molecule has 0 heterocycles. The fourth-order valence-corrected chi connectivity index (χ4v) is 13.0. The topological polar surface area (TPSA) is 50.5 Å². The lowest BCUT2D eigenvalue weighted by molar-refractivity contribution is -0.144. The van der Waals surface area contributed by atoms with Crippen molar-refractivity contribution in [2.45, 2.75) is 84.4 Å². The van der Waals surface area contributed by atoms with E-state index in [0.29, 0.717) is 16.2 Å². The van der Waals surface area contributed by atoms with Gasteiger partial charge in [0.25, 0.3) is 0 Å². The van der Waals surface area contributed by atoms with Crippen LogP contribution in [-0.4, -0.2) is 20.9 Å². The summed E-state index contributed by atoms with van der Waals surface area (Å²) in [6, 6.07) is 12.6. The van der Waals surface area contributed by atoms with Crippen LogP contribution in [0.4, 0.5) is 52.7 Å². The Balaban J connectivity index is 2.01. The van der Waals surface area contributed by atoms with Crippen LogP contribution in [0.1, 0.15) is 61.2 Å². The van der Waals surface area contributed by atoms with Crippen molar-refractivity contribution in [1.29, 1.82) is 0 Å². The molecule has 1 unspecified atom stereocenters. The van der Waals surface area contributed by atoms with Gasteiger partial charge in [0.2, 0.25) is 0 Å². The fourth-order valence-electron chi connectivity index (χ4n) is 8.17. The number of halogens is 12. The molecule has 5 aromatic rings. The van der Waals surface area contributed by atoms with Crippen LogP contribution in [0, 0.1) is 48.5 Å². The molecule has 5 aromatic carbocycles. The number of hydrogen-bond acceptors (Lipinski definition) is 1. The normalized spacial score (nSPS) is 14.1. The van der Waals surface area contributed by atoms with Crippen molar-refractivity contribution in [3.8, 4) is 0 Å². The maximum Gasteiger partial charge on any atom is 0.416 e. The molecule has 61 heavy (non-hydrogen) atoms. The van der Waals surface area contributed by atoms with Crippen LogP contribution in [0.3, 0.4) is 0 Å². The maximum atomic E-state index is 14.6. The summed E-state index contributed by atoms with van der Waals surface area (Å²) in [7, 11) is -6.75. The molecule has 5 rings (SSSR count). The van der Waals surface area contributed by atoms with E-state index in [4.69, 9.17) is 0 Å². The lowest BCUT2D eigenvalue weighted by Gasteiger charge is -2.44. The molecular formula is C43H41BF12NO2PS. The molecule has 1 atom stereocenters. The Kier molecular flexibility index (Phi) is 13.1. The van der Waals surface area contributed by atoms with E-state index in [2.05, 4.69) is 4.63 Å². The number of aryl methyl sites for hydroxylation is 7. The smallest absolute Gasteiger partial charge is 0.330 e. The van der Waals surface area contributed by atoms with Gasteiger partial charge in [0.15, 0.2) is 0 Å². The zero-order valence-corrected chi connectivity index (χ0v) is 35.5. The van der Waals surface area contributed by atoms with Crippen LogP contribution < -0.4 is 26.2 Å². The molecular weight excluding hydrogens is 864 g/mol. The number of alkyl halides is 12. The van der Waals surface area contributed by atoms with Crippen molar-refractivity contribution in [1.82, 2.24) is 4.63 Å². The van der Waals surface area contributed by atoms with E-state index in [9.17, 15) is 61.1 Å². The van der Waals surface area contributed by atoms with Gasteiger partial charge in [-0.15, -0.1) is 0 Å². The molecule has 0 aliphatic rings. The fraction of sp³-hybridized carbons (Fsp3) is 0.302. The minimum absolute atomic E-state index is 0.188. The predicted molar refractivity (Wildman–Crippen MR) is 218 cm³/mol. The van der Waals surface area contributed by atoms with Crippen molar-refractivity contribution >= 4 is 45.8 Å². The molecule has 0 amide bonds. The Labute approximate surface area is 347 Å². The number of rotatable bonds is 10. The number of hydrogen-bond donors (Lipinski definition) is 1. The lowest BCUT2D eigenvalue weighted by Crippen LogP contribution is -2.70. The van der Waals surface area contributed by atoms with E-state index < -0.39 is 93.3 Å².